The fourth-order valence-electron chi connectivity index (χ4n) is 2.27. The largest absolute Gasteiger partial charge is 0.496 e. The standard InChI is InChI=1S/C17H11BrFNO2S2/c1-22-14-7-6-11(18)8-10(14)9-15-16(21)20(17(23)24-15)13-5-3-2-4-12(13)19/h2-9H,1H3. The maximum Gasteiger partial charge on any atom is 0.270 e. The van der Waals surface area contributed by atoms with Crippen LogP contribution in [-0.2, 0) is 4.79 Å². The van der Waals surface area contributed by atoms with E-state index in [0.717, 1.165) is 21.8 Å². The van der Waals surface area contributed by atoms with Gasteiger partial charge in [-0.15, -0.1) is 0 Å². The molecule has 0 atom stereocenters. The van der Waals surface area contributed by atoms with Crippen LogP contribution in [0.1, 0.15) is 5.56 Å². The monoisotopic (exact) mass is 423 g/mol. The lowest BCUT2D eigenvalue weighted by Crippen LogP contribution is -2.28. The smallest absolute Gasteiger partial charge is 0.270 e. The number of ether oxygens (including phenoxy) is 1. The van der Waals surface area contributed by atoms with E-state index in [1.54, 1.807) is 31.4 Å². The van der Waals surface area contributed by atoms with Gasteiger partial charge in [-0.25, -0.2) is 4.39 Å². The van der Waals surface area contributed by atoms with Crippen LogP contribution in [-0.4, -0.2) is 17.3 Å². The Labute approximate surface area is 156 Å². The van der Waals surface area contributed by atoms with Crippen LogP contribution >= 0.6 is 39.9 Å². The third-order valence-corrected chi connectivity index (χ3v) is 5.16. The minimum absolute atomic E-state index is 0.157. The summed E-state index contributed by atoms with van der Waals surface area (Å²) in [4.78, 5) is 14.3. The summed E-state index contributed by atoms with van der Waals surface area (Å²) >= 11 is 9.79. The number of carbonyl (C=O) groups is 1. The second kappa shape index (κ2) is 7.04. The van der Waals surface area contributed by atoms with Gasteiger partial charge in [0.1, 0.15) is 11.6 Å². The summed E-state index contributed by atoms with van der Waals surface area (Å²) in [5.41, 5.74) is 0.894. The Morgan fingerprint density at radius 3 is 2.75 bits per heavy atom. The van der Waals surface area contributed by atoms with Crippen LogP contribution in [0.15, 0.2) is 51.8 Å². The molecule has 1 aliphatic rings. The molecule has 24 heavy (non-hydrogen) atoms. The SMILES string of the molecule is COc1ccc(Br)cc1C=C1SC(=S)N(c2ccccc2F)C1=O. The van der Waals surface area contributed by atoms with Crippen molar-refractivity contribution in [2.24, 2.45) is 0 Å². The molecule has 0 saturated carbocycles. The molecule has 3 nitrogen and oxygen atoms in total. The van der Waals surface area contributed by atoms with Crippen molar-refractivity contribution in [3.8, 4) is 5.75 Å². The summed E-state index contributed by atoms with van der Waals surface area (Å²) in [6.45, 7) is 0. The Morgan fingerprint density at radius 2 is 2.04 bits per heavy atom. The normalized spacial score (nSPS) is 16.1. The Balaban J connectivity index is 2.01. The maximum absolute atomic E-state index is 14.0. The molecule has 1 heterocycles. The molecular weight excluding hydrogens is 413 g/mol. The van der Waals surface area contributed by atoms with Crippen LogP contribution in [0.5, 0.6) is 5.75 Å². The molecule has 0 aromatic heterocycles. The van der Waals surface area contributed by atoms with Crippen molar-refractivity contribution in [1.29, 1.82) is 0 Å². The Kier molecular flexibility index (Phi) is 5.03. The molecule has 3 rings (SSSR count). The highest BCUT2D eigenvalue weighted by Gasteiger charge is 2.34. The number of nitrogens with zero attached hydrogens (tertiary/aromatic N) is 1. The first-order chi connectivity index (χ1) is 11.5. The number of para-hydroxylation sites is 1. The average molecular weight is 424 g/mol. The van der Waals surface area contributed by atoms with Gasteiger partial charge in [0.25, 0.3) is 5.91 Å². The molecule has 0 aliphatic carbocycles. The molecule has 0 unspecified atom stereocenters. The number of halogens is 2. The zero-order chi connectivity index (χ0) is 17.3. The summed E-state index contributed by atoms with van der Waals surface area (Å²) in [6.07, 6.45) is 1.70. The summed E-state index contributed by atoms with van der Waals surface area (Å²) in [5, 5.41) is 0. The number of rotatable bonds is 3. The van der Waals surface area contributed by atoms with Gasteiger partial charge in [-0.1, -0.05) is 52.0 Å². The highest BCUT2D eigenvalue weighted by atomic mass is 79.9. The molecular formula is C17H11BrFNO2S2. The van der Waals surface area contributed by atoms with Crippen molar-refractivity contribution in [1.82, 2.24) is 0 Å². The number of hydrogen-bond donors (Lipinski definition) is 0. The minimum atomic E-state index is -0.491. The predicted molar refractivity (Wildman–Crippen MR) is 103 cm³/mol. The number of thiocarbonyl (C=S) groups is 1. The van der Waals surface area contributed by atoms with E-state index >= 15 is 0 Å². The zero-order valence-corrected chi connectivity index (χ0v) is 15.7. The van der Waals surface area contributed by atoms with Gasteiger partial charge in [-0.3, -0.25) is 9.69 Å². The van der Waals surface area contributed by atoms with Gasteiger partial charge in [0.2, 0.25) is 0 Å². The first-order valence-electron chi connectivity index (χ1n) is 6.87. The molecule has 2 aromatic carbocycles. The van der Waals surface area contributed by atoms with Gasteiger partial charge in [0.05, 0.1) is 17.7 Å². The number of methoxy groups -OCH3 is 1. The van der Waals surface area contributed by atoms with E-state index in [4.69, 9.17) is 17.0 Å². The molecule has 0 bridgehead atoms. The molecule has 1 aliphatic heterocycles. The van der Waals surface area contributed by atoms with Gasteiger partial charge in [0.15, 0.2) is 4.32 Å². The first kappa shape index (κ1) is 17.1. The topological polar surface area (TPSA) is 29.5 Å². The van der Waals surface area contributed by atoms with Crippen LogP contribution in [0, 0.1) is 5.82 Å². The number of amides is 1. The van der Waals surface area contributed by atoms with Crippen molar-refractivity contribution in [2.45, 2.75) is 0 Å². The Morgan fingerprint density at radius 1 is 1.29 bits per heavy atom. The summed E-state index contributed by atoms with van der Waals surface area (Å²) < 4.78 is 20.5. The molecule has 1 saturated heterocycles. The Bertz CT molecular complexity index is 869. The molecule has 1 fully saturated rings. The van der Waals surface area contributed by atoms with E-state index in [1.807, 2.05) is 12.1 Å². The number of thioether (sulfide) groups is 1. The van der Waals surface area contributed by atoms with Crippen molar-refractivity contribution in [3.63, 3.8) is 0 Å². The lowest BCUT2D eigenvalue weighted by molar-refractivity contribution is -0.113. The second-order valence-corrected chi connectivity index (χ2v) is 7.45. The summed E-state index contributed by atoms with van der Waals surface area (Å²) in [7, 11) is 1.56. The second-order valence-electron chi connectivity index (χ2n) is 4.85. The van der Waals surface area contributed by atoms with E-state index < -0.39 is 5.82 Å². The van der Waals surface area contributed by atoms with Gasteiger partial charge < -0.3 is 4.74 Å². The van der Waals surface area contributed by atoms with Gasteiger partial charge in [-0.2, -0.15) is 0 Å². The molecule has 1 amide bonds. The molecule has 122 valence electrons. The van der Waals surface area contributed by atoms with Crippen LogP contribution in [0.25, 0.3) is 6.08 Å². The molecule has 7 heteroatoms. The molecule has 0 radical (unpaired) electrons. The lowest BCUT2D eigenvalue weighted by atomic mass is 10.2. The number of carbonyl (C=O) groups excluding carboxylic acids is 1. The van der Waals surface area contributed by atoms with Crippen molar-refractivity contribution >= 4 is 61.9 Å². The molecule has 0 spiro atoms. The number of anilines is 1. The van der Waals surface area contributed by atoms with Crippen molar-refractivity contribution < 1.29 is 13.9 Å². The van der Waals surface area contributed by atoms with Gasteiger partial charge in [0, 0.05) is 10.0 Å². The van der Waals surface area contributed by atoms with Crippen molar-refractivity contribution in [3.05, 3.63) is 63.2 Å². The summed E-state index contributed by atoms with van der Waals surface area (Å²) in [6, 6.07) is 11.6. The van der Waals surface area contributed by atoms with Crippen molar-refractivity contribution in [2.75, 3.05) is 12.0 Å². The fraction of sp³-hybridized carbons (Fsp3) is 0.0588. The van der Waals surface area contributed by atoms with E-state index in [1.165, 1.54) is 17.0 Å². The van der Waals surface area contributed by atoms with Crippen LogP contribution in [0.2, 0.25) is 0 Å². The Hall–Kier alpha value is -1.70. The molecule has 2 aromatic rings. The maximum atomic E-state index is 14.0. The van der Waals surface area contributed by atoms with Gasteiger partial charge in [-0.05, 0) is 36.4 Å². The van der Waals surface area contributed by atoms with Crippen LogP contribution < -0.4 is 9.64 Å². The number of hydrogen-bond acceptors (Lipinski definition) is 4. The third kappa shape index (κ3) is 3.24. The van der Waals surface area contributed by atoms with Crippen LogP contribution in [0.3, 0.4) is 0 Å². The predicted octanol–water partition coefficient (Wildman–Crippen LogP) is 5.00. The van der Waals surface area contributed by atoms with Crippen LogP contribution in [0.4, 0.5) is 10.1 Å². The minimum Gasteiger partial charge on any atom is -0.496 e. The van der Waals surface area contributed by atoms with E-state index in [-0.39, 0.29) is 11.6 Å². The van der Waals surface area contributed by atoms with E-state index in [0.29, 0.717) is 15.0 Å². The fourth-order valence-corrected chi connectivity index (χ4v) is 3.92. The lowest BCUT2D eigenvalue weighted by Gasteiger charge is -2.14. The third-order valence-electron chi connectivity index (χ3n) is 3.37. The zero-order valence-electron chi connectivity index (χ0n) is 12.5. The highest BCUT2D eigenvalue weighted by Crippen LogP contribution is 2.38. The van der Waals surface area contributed by atoms with Gasteiger partial charge >= 0.3 is 0 Å². The summed E-state index contributed by atoms with van der Waals surface area (Å²) in [5.74, 6) is -0.207. The average Bonchev–Trinajstić information content (AvgIpc) is 2.82. The molecule has 0 N–H and O–H groups in total. The van der Waals surface area contributed by atoms with E-state index in [9.17, 15) is 9.18 Å². The first-order valence-corrected chi connectivity index (χ1v) is 8.89. The van der Waals surface area contributed by atoms with E-state index in [2.05, 4.69) is 15.9 Å². The quantitative estimate of drug-likeness (QED) is 0.512. The highest BCUT2D eigenvalue weighted by molar-refractivity contribution is 9.10. The number of benzene rings is 2.